The Hall–Kier alpha value is -0.570. The van der Waals surface area contributed by atoms with Crippen molar-refractivity contribution in [3.05, 3.63) is 0 Å². The molecule has 1 unspecified atom stereocenters. The molecule has 3 heteroatoms. The van der Waals surface area contributed by atoms with Gasteiger partial charge in [0.05, 0.1) is 6.61 Å². The first-order chi connectivity index (χ1) is 4.31. The van der Waals surface area contributed by atoms with E-state index >= 15 is 0 Å². The van der Waals surface area contributed by atoms with E-state index in [4.69, 9.17) is 4.74 Å². The van der Waals surface area contributed by atoms with Crippen molar-refractivity contribution in [2.45, 2.75) is 6.92 Å². The third kappa shape index (κ3) is 5.30. The highest BCUT2D eigenvalue weighted by Crippen LogP contribution is 1.90. The van der Waals surface area contributed by atoms with Crippen molar-refractivity contribution in [3.63, 3.8) is 0 Å². The fourth-order valence-electron chi connectivity index (χ4n) is 0.593. The zero-order chi connectivity index (χ0) is 7.11. The summed E-state index contributed by atoms with van der Waals surface area (Å²) in [5.74, 6) is 0.403. The van der Waals surface area contributed by atoms with Crippen molar-refractivity contribution in [1.29, 1.82) is 0 Å². The number of hydrogen-bond acceptors (Lipinski definition) is 2. The summed E-state index contributed by atoms with van der Waals surface area (Å²) in [6, 6.07) is 0. The van der Waals surface area contributed by atoms with Crippen molar-refractivity contribution in [1.82, 2.24) is 5.32 Å². The summed E-state index contributed by atoms with van der Waals surface area (Å²) in [6.45, 7) is 3.40. The van der Waals surface area contributed by atoms with Crippen LogP contribution < -0.4 is 5.32 Å². The van der Waals surface area contributed by atoms with E-state index in [0.717, 1.165) is 0 Å². The molecule has 1 atom stereocenters. The number of hydrogen-bond donors (Lipinski definition) is 1. The predicted molar refractivity (Wildman–Crippen MR) is 35.1 cm³/mol. The van der Waals surface area contributed by atoms with E-state index in [0.29, 0.717) is 25.5 Å². The highest BCUT2D eigenvalue weighted by Gasteiger charge is 1.97. The summed E-state index contributed by atoms with van der Waals surface area (Å²) < 4.78 is 4.84. The van der Waals surface area contributed by atoms with Crippen LogP contribution in [0.2, 0.25) is 0 Å². The van der Waals surface area contributed by atoms with Gasteiger partial charge >= 0.3 is 0 Å². The van der Waals surface area contributed by atoms with Crippen molar-refractivity contribution in [2.75, 3.05) is 20.3 Å². The van der Waals surface area contributed by atoms with E-state index < -0.39 is 0 Å². The molecule has 3 nitrogen and oxygen atoms in total. The number of carbonyl (C=O) groups is 1. The van der Waals surface area contributed by atoms with Gasteiger partial charge in [-0.05, 0) is 5.92 Å². The van der Waals surface area contributed by atoms with Gasteiger partial charge in [0.1, 0.15) is 0 Å². The zero-order valence-corrected chi connectivity index (χ0v) is 5.89. The summed E-state index contributed by atoms with van der Waals surface area (Å²) in [6.07, 6.45) is 0.701. The monoisotopic (exact) mass is 131 g/mol. The van der Waals surface area contributed by atoms with Gasteiger partial charge in [-0.15, -0.1) is 0 Å². The van der Waals surface area contributed by atoms with Crippen LogP contribution in [0.4, 0.5) is 0 Å². The predicted octanol–water partition coefficient (Wildman–Crippen LogP) is 0.0149. The molecule has 0 aliphatic heterocycles. The second kappa shape index (κ2) is 5.56. The topological polar surface area (TPSA) is 38.3 Å². The Morgan fingerprint density at radius 1 is 1.78 bits per heavy atom. The molecule has 0 aliphatic carbocycles. The van der Waals surface area contributed by atoms with E-state index in [2.05, 4.69) is 5.32 Å². The number of amides is 1. The molecule has 0 rings (SSSR count). The van der Waals surface area contributed by atoms with Gasteiger partial charge in [0.25, 0.3) is 0 Å². The lowest BCUT2D eigenvalue weighted by Crippen LogP contribution is -2.22. The highest BCUT2D eigenvalue weighted by molar-refractivity contribution is 5.45. The molecule has 1 amide bonds. The number of nitrogens with one attached hydrogen (secondary N) is 1. The van der Waals surface area contributed by atoms with Crippen LogP contribution in [0.1, 0.15) is 6.92 Å². The largest absolute Gasteiger partial charge is 0.384 e. The molecule has 0 spiro atoms. The van der Waals surface area contributed by atoms with E-state index in [1.807, 2.05) is 6.92 Å². The lowest BCUT2D eigenvalue weighted by atomic mass is 10.2. The SMILES string of the molecule is COCC(C)CNC=O. The van der Waals surface area contributed by atoms with Gasteiger partial charge in [-0.1, -0.05) is 6.92 Å². The zero-order valence-electron chi connectivity index (χ0n) is 5.89. The van der Waals surface area contributed by atoms with Crippen LogP contribution in [-0.2, 0) is 9.53 Å². The number of methoxy groups -OCH3 is 1. The lowest BCUT2D eigenvalue weighted by Gasteiger charge is -2.07. The first kappa shape index (κ1) is 8.43. The van der Waals surface area contributed by atoms with Crippen LogP contribution in [0.5, 0.6) is 0 Å². The van der Waals surface area contributed by atoms with Gasteiger partial charge in [0.2, 0.25) is 6.41 Å². The fraction of sp³-hybridized carbons (Fsp3) is 0.833. The van der Waals surface area contributed by atoms with Gasteiger partial charge in [-0.25, -0.2) is 0 Å². The van der Waals surface area contributed by atoms with Gasteiger partial charge < -0.3 is 10.1 Å². The maximum atomic E-state index is 9.76. The second-order valence-electron chi connectivity index (χ2n) is 2.09. The van der Waals surface area contributed by atoms with Crippen LogP contribution in [0.3, 0.4) is 0 Å². The Labute approximate surface area is 55.4 Å². The average molecular weight is 131 g/mol. The van der Waals surface area contributed by atoms with Crippen molar-refractivity contribution in [2.24, 2.45) is 5.92 Å². The molecule has 54 valence electrons. The number of carbonyl (C=O) groups excluding carboxylic acids is 1. The molecule has 0 heterocycles. The molecule has 0 aromatic rings. The molecular formula is C6H13NO2. The van der Waals surface area contributed by atoms with Crippen LogP contribution in [0, 0.1) is 5.92 Å². The van der Waals surface area contributed by atoms with E-state index in [-0.39, 0.29) is 0 Å². The van der Waals surface area contributed by atoms with Gasteiger partial charge in [0.15, 0.2) is 0 Å². The highest BCUT2D eigenvalue weighted by atomic mass is 16.5. The van der Waals surface area contributed by atoms with Crippen molar-refractivity contribution in [3.8, 4) is 0 Å². The van der Waals surface area contributed by atoms with Crippen LogP contribution in [0.15, 0.2) is 0 Å². The summed E-state index contributed by atoms with van der Waals surface area (Å²) in [5.41, 5.74) is 0. The minimum absolute atomic E-state index is 0.403. The standard InChI is InChI=1S/C6H13NO2/c1-6(4-9-2)3-7-5-8/h5-6H,3-4H2,1-2H3,(H,7,8). The van der Waals surface area contributed by atoms with Crippen molar-refractivity contribution < 1.29 is 9.53 Å². The molecule has 0 saturated heterocycles. The summed E-state index contributed by atoms with van der Waals surface area (Å²) >= 11 is 0. The minimum Gasteiger partial charge on any atom is -0.384 e. The van der Waals surface area contributed by atoms with E-state index in [1.165, 1.54) is 0 Å². The first-order valence-corrected chi connectivity index (χ1v) is 2.97. The van der Waals surface area contributed by atoms with E-state index in [1.54, 1.807) is 7.11 Å². The van der Waals surface area contributed by atoms with Crippen LogP contribution >= 0.6 is 0 Å². The van der Waals surface area contributed by atoms with E-state index in [9.17, 15) is 4.79 Å². The van der Waals surface area contributed by atoms with Crippen molar-refractivity contribution >= 4 is 6.41 Å². The van der Waals surface area contributed by atoms with Gasteiger partial charge in [0, 0.05) is 13.7 Å². The molecule has 0 saturated carbocycles. The lowest BCUT2D eigenvalue weighted by molar-refractivity contribution is -0.109. The summed E-state index contributed by atoms with van der Waals surface area (Å²) in [5, 5.41) is 2.57. The third-order valence-corrected chi connectivity index (χ3v) is 1.00. The smallest absolute Gasteiger partial charge is 0.207 e. The molecule has 0 bridgehead atoms. The quantitative estimate of drug-likeness (QED) is 0.534. The van der Waals surface area contributed by atoms with Crippen LogP contribution in [-0.4, -0.2) is 26.7 Å². The second-order valence-corrected chi connectivity index (χ2v) is 2.09. The summed E-state index contributed by atoms with van der Waals surface area (Å²) in [4.78, 5) is 9.76. The Morgan fingerprint density at radius 2 is 2.44 bits per heavy atom. The maximum Gasteiger partial charge on any atom is 0.207 e. The Bertz CT molecular complexity index is 75.5. The Balaban J connectivity index is 3.04. The molecule has 0 aromatic carbocycles. The van der Waals surface area contributed by atoms with Gasteiger partial charge in [-0.3, -0.25) is 4.79 Å². The molecule has 9 heavy (non-hydrogen) atoms. The minimum atomic E-state index is 0.403. The molecule has 1 N–H and O–H groups in total. The molecule has 0 radical (unpaired) electrons. The van der Waals surface area contributed by atoms with Gasteiger partial charge in [-0.2, -0.15) is 0 Å². The Kier molecular flexibility index (Phi) is 5.21. The Morgan fingerprint density at radius 3 is 2.89 bits per heavy atom. The molecule has 0 aliphatic rings. The molecule has 0 fully saturated rings. The fourth-order valence-corrected chi connectivity index (χ4v) is 0.593. The molecule has 0 aromatic heterocycles. The average Bonchev–Trinajstić information content (AvgIpc) is 1.85. The van der Waals surface area contributed by atoms with Crippen LogP contribution in [0.25, 0.3) is 0 Å². The molecular weight excluding hydrogens is 118 g/mol. The maximum absolute atomic E-state index is 9.76. The third-order valence-electron chi connectivity index (χ3n) is 1.00. The number of rotatable bonds is 5. The number of ether oxygens (including phenoxy) is 1. The first-order valence-electron chi connectivity index (χ1n) is 2.97. The summed E-state index contributed by atoms with van der Waals surface area (Å²) in [7, 11) is 1.65. The normalized spacial score (nSPS) is 12.7.